The van der Waals surface area contributed by atoms with Crippen molar-refractivity contribution in [3.63, 3.8) is 0 Å². The van der Waals surface area contributed by atoms with E-state index in [0.717, 1.165) is 5.69 Å². The third-order valence-corrected chi connectivity index (χ3v) is 5.53. The maximum atomic E-state index is 12.6. The molecule has 1 aliphatic rings. The molecule has 0 aromatic heterocycles. The molecule has 0 unspecified atom stereocenters. The molecule has 4 rings (SSSR count). The van der Waals surface area contributed by atoms with Crippen LogP contribution in [0.4, 0.5) is 26.7 Å². The van der Waals surface area contributed by atoms with Crippen LogP contribution in [-0.4, -0.2) is 48.8 Å². The summed E-state index contributed by atoms with van der Waals surface area (Å²) < 4.78 is 11.4. The van der Waals surface area contributed by atoms with E-state index in [-0.39, 0.29) is 12.1 Å². The third-order valence-electron chi connectivity index (χ3n) is 5.53. The number of rotatable bonds is 5. The minimum atomic E-state index is -0.500. The van der Waals surface area contributed by atoms with E-state index in [1.165, 1.54) is 0 Å². The zero-order chi connectivity index (χ0) is 25.5. The highest BCUT2D eigenvalue weighted by atomic mass is 16.6. The minimum absolute atomic E-state index is 0.275. The van der Waals surface area contributed by atoms with Crippen molar-refractivity contribution in [1.29, 1.82) is 0 Å². The molecule has 1 saturated heterocycles. The van der Waals surface area contributed by atoms with Gasteiger partial charge in [-0.05, 0) is 69.3 Å². The fraction of sp³-hybridized carbons (Fsp3) is 0.286. The molecule has 3 amide bonds. The lowest BCUT2D eigenvalue weighted by molar-refractivity contribution is 0.0240. The van der Waals surface area contributed by atoms with Gasteiger partial charge in [0.1, 0.15) is 11.4 Å². The molecule has 3 aromatic carbocycles. The van der Waals surface area contributed by atoms with Crippen LogP contribution in [-0.2, 0) is 4.74 Å². The largest absolute Gasteiger partial charge is 0.455 e. The van der Waals surface area contributed by atoms with Crippen molar-refractivity contribution in [2.75, 3.05) is 41.7 Å². The van der Waals surface area contributed by atoms with Crippen molar-refractivity contribution in [3.05, 3.63) is 78.9 Å². The van der Waals surface area contributed by atoms with Gasteiger partial charge in [0.15, 0.2) is 5.75 Å². The van der Waals surface area contributed by atoms with Gasteiger partial charge in [-0.2, -0.15) is 0 Å². The maximum Gasteiger partial charge on any atom is 0.410 e. The first kappa shape index (κ1) is 24.9. The van der Waals surface area contributed by atoms with Gasteiger partial charge in [-0.25, -0.2) is 9.59 Å². The van der Waals surface area contributed by atoms with E-state index in [4.69, 9.17) is 9.47 Å². The average Bonchev–Trinajstić information content (AvgIpc) is 2.85. The van der Waals surface area contributed by atoms with Crippen molar-refractivity contribution in [1.82, 2.24) is 4.90 Å². The Kier molecular flexibility index (Phi) is 7.63. The van der Waals surface area contributed by atoms with E-state index in [0.29, 0.717) is 49.1 Å². The predicted molar refractivity (Wildman–Crippen MR) is 142 cm³/mol. The Morgan fingerprint density at radius 2 is 1.42 bits per heavy atom. The highest BCUT2D eigenvalue weighted by Crippen LogP contribution is 2.29. The number of piperazine rings is 1. The first-order chi connectivity index (χ1) is 17.3. The van der Waals surface area contributed by atoms with Gasteiger partial charge in [-0.15, -0.1) is 0 Å². The zero-order valence-corrected chi connectivity index (χ0v) is 20.9. The fourth-order valence-corrected chi connectivity index (χ4v) is 3.79. The Bertz CT molecular complexity index is 1170. The molecule has 0 bridgehead atoms. The number of urea groups is 1. The molecule has 8 heteroatoms. The molecule has 36 heavy (non-hydrogen) atoms. The molecule has 1 fully saturated rings. The Balaban J connectivity index is 1.30. The summed E-state index contributed by atoms with van der Waals surface area (Å²) in [4.78, 5) is 28.9. The van der Waals surface area contributed by atoms with E-state index in [1.807, 2.05) is 87.5 Å². The Hall–Kier alpha value is -4.20. The molecule has 3 aromatic rings. The second-order valence-corrected chi connectivity index (χ2v) is 9.49. The zero-order valence-electron chi connectivity index (χ0n) is 20.9. The molecule has 8 nitrogen and oxygen atoms in total. The molecular weight excluding hydrogens is 456 g/mol. The van der Waals surface area contributed by atoms with Crippen molar-refractivity contribution in [3.8, 4) is 11.5 Å². The van der Waals surface area contributed by atoms with E-state index in [2.05, 4.69) is 15.5 Å². The van der Waals surface area contributed by atoms with Crippen molar-refractivity contribution < 1.29 is 19.1 Å². The van der Waals surface area contributed by atoms with Crippen LogP contribution in [0.1, 0.15) is 20.8 Å². The monoisotopic (exact) mass is 488 g/mol. The van der Waals surface area contributed by atoms with Gasteiger partial charge in [0.25, 0.3) is 0 Å². The maximum absolute atomic E-state index is 12.6. The molecule has 2 N–H and O–H groups in total. The summed E-state index contributed by atoms with van der Waals surface area (Å²) in [5, 5.41) is 5.72. The smallest absolute Gasteiger partial charge is 0.410 e. The van der Waals surface area contributed by atoms with Gasteiger partial charge >= 0.3 is 12.1 Å². The minimum Gasteiger partial charge on any atom is -0.455 e. The number of benzene rings is 3. The summed E-state index contributed by atoms with van der Waals surface area (Å²) in [5.41, 5.74) is 1.77. The van der Waals surface area contributed by atoms with E-state index >= 15 is 0 Å². The lowest BCUT2D eigenvalue weighted by Crippen LogP contribution is -2.50. The summed E-state index contributed by atoms with van der Waals surface area (Å²) in [6.07, 6.45) is -0.275. The van der Waals surface area contributed by atoms with E-state index < -0.39 is 5.60 Å². The Morgan fingerprint density at radius 1 is 0.778 bits per heavy atom. The summed E-state index contributed by atoms with van der Waals surface area (Å²) in [5.74, 6) is 1.24. The number of para-hydroxylation sites is 3. The fourth-order valence-electron chi connectivity index (χ4n) is 3.79. The first-order valence-corrected chi connectivity index (χ1v) is 12.0. The van der Waals surface area contributed by atoms with Crippen molar-refractivity contribution in [2.24, 2.45) is 0 Å². The number of nitrogens with zero attached hydrogens (tertiary/aromatic N) is 2. The average molecular weight is 489 g/mol. The second kappa shape index (κ2) is 11.0. The van der Waals surface area contributed by atoms with Crippen LogP contribution < -0.4 is 20.3 Å². The lowest BCUT2D eigenvalue weighted by Gasteiger charge is -2.36. The summed E-state index contributed by atoms with van der Waals surface area (Å²) in [6, 6.07) is 24.0. The first-order valence-electron chi connectivity index (χ1n) is 12.0. The van der Waals surface area contributed by atoms with Crippen molar-refractivity contribution >= 4 is 29.2 Å². The Morgan fingerprint density at radius 3 is 2.08 bits per heavy atom. The van der Waals surface area contributed by atoms with Crippen LogP contribution in [0, 0.1) is 0 Å². The van der Waals surface area contributed by atoms with Gasteiger partial charge < -0.3 is 29.9 Å². The van der Waals surface area contributed by atoms with E-state index in [9.17, 15) is 9.59 Å². The highest BCUT2D eigenvalue weighted by Gasteiger charge is 2.26. The normalized spacial score (nSPS) is 13.6. The number of hydrogen-bond donors (Lipinski definition) is 2. The molecule has 0 radical (unpaired) electrons. The van der Waals surface area contributed by atoms with Crippen LogP contribution in [0.2, 0.25) is 0 Å². The van der Waals surface area contributed by atoms with E-state index in [1.54, 1.807) is 17.0 Å². The van der Waals surface area contributed by atoms with Gasteiger partial charge in [0.2, 0.25) is 0 Å². The number of amides is 3. The third kappa shape index (κ3) is 6.91. The molecule has 0 saturated carbocycles. The second-order valence-electron chi connectivity index (χ2n) is 9.49. The number of carbonyl (C=O) groups is 2. The molecule has 0 atom stereocenters. The number of ether oxygens (including phenoxy) is 2. The topological polar surface area (TPSA) is 83.1 Å². The number of hydrogen-bond acceptors (Lipinski definition) is 5. The highest BCUT2D eigenvalue weighted by molar-refractivity contribution is 6.00. The lowest BCUT2D eigenvalue weighted by atomic mass is 10.2. The Labute approximate surface area is 211 Å². The molecular formula is C28H32N4O4. The van der Waals surface area contributed by atoms with Crippen molar-refractivity contribution in [2.45, 2.75) is 26.4 Å². The molecule has 1 aliphatic heterocycles. The van der Waals surface area contributed by atoms with Gasteiger partial charge in [0.05, 0.1) is 5.69 Å². The molecule has 0 aliphatic carbocycles. The van der Waals surface area contributed by atoms with Crippen LogP contribution in [0.5, 0.6) is 11.5 Å². The summed E-state index contributed by atoms with van der Waals surface area (Å²) in [7, 11) is 0. The predicted octanol–water partition coefficient (Wildman–Crippen LogP) is 6.18. The SMILES string of the molecule is CC(C)(C)OC(=O)N1CCN(c2ccc(NC(=O)Nc3ccccc3Oc3ccccc3)cc2)CC1. The van der Waals surface area contributed by atoms with Gasteiger partial charge in [0, 0.05) is 37.6 Å². The van der Waals surface area contributed by atoms with Crippen LogP contribution in [0.3, 0.4) is 0 Å². The van der Waals surface area contributed by atoms with Crippen LogP contribution in [0.25, 0.3) is 0 Å². The molecule has 1 heterocycles. The van der Waals surface area contributed by atoms with Gasteiger partial charge in [-0.3, -0.25) is 0 Å². The summed E-state index contributed by atoms with van der Waals surface area (Å²) in [6.45, 7) is 8.23. The number of carbonyl (C=O) groups excluding carboxylic acids is 2. The number of nitrogens with one attached hydrogen (secondary N) is 2. The summed E-state index contributed by atoms with van der Waals surface area (Å²) >= 11 is 0. The van der Waals surface area contributed by atoms with Crippen LogP contribution in [0.15, 0.2) is 78.9 Å². The standard InChI is InChI=1S/C28H32N4O4/c1-28(2,3)36-27(34)32-19-17-31(18-20-32)22-15-13-21(14-16-22)29-26(33)30-24-11-7-8-12-25(24)35-23-9-5-4-6-10-23/h4-16H,17-20H2,1-3H3,(H2,29,30,33). The number of anilines is 3. The van der Waals surface area contributed by atoms with Gasteiger partial charge in [-0.1, -0.05) is 30.3 Å². The van der Waals surface area contributed by atoms with Crippen LogP contribution >= 0.6 is 0 Å². The quantitative estimate of drug-likeness (QED) is 0.448. The molecule has 0 spiro atoms. The molecule has 188 valence electrons.